The van der Waals surface area contributed by atoms with Gasteiger partial charge in [0.1, 0.15) is 5.75 Å². The van der Waals surface area contributed by atoms with Gasteiger partial charge in [0.25, 0.3) is 0 Å². The van der Waals surface area contributed by atoms with Crippen molar-refractivity contribution in [1.29, 1.82) is 0 Å². The van der Waals surface area contributed by atoms with Crippen LogP contribution in [0.3, 0.4) is 0 Å². The minimum Gasteiger partial charge on any atom is -0.496 e. The van der Waals surface area contributed by atoms with E-state index in [1.807, 2.05) is 6.08 Å². The van der Waals surface area contributed by atoms with Gasteiger partial charge in [0.05, 0.1) is 19.4 Å². The molecule has 0 bridgehead atoms. The van der Waals surface area contributed by atoms with E-state index in [-0.39, 0.29) is 0 Å². The van der Waals surface area contributed by atoms with E-state index in [9.17, 15) is 0 Å². The Hall–Kier alpha value is -1.72. The molecule has 106 valence electrons. The number of fused-ring (bicyclic) bond motifs is 2. The Balaban J connectivity index is 1.92. The van der Waals surface area contributed by atoms with Crippen LogP contribution in [0.5, 0.6) is 5.75 Å². The van der Waals surface area contributed by atoms with Crippen LogP contribution in [-0.2, 0) is 0 Å². The van der Waals surface area contributed by atoms with Gasteiger partial charge in [0.2, 0.25) is 0 Å². The lowest BCUT2D eigenvalue weighted by atomic mass is 10.1. The van der Waals surface area contributed by atoms with Crippen molar-refractivity contribution >= 4 is 44.0 Å². The Morgan fingerprint density at radius 2 is 2.33 bits per heavy atom. The molecule has 2 aromatic rings. The molecule has 4 rings (SSSR count). The molecule has 3 heterocycles. The van der Waals surface area contributed by atoms with E-state index in [0.717, 1.165) is 24.0 Å². The molecule has 5 heteroatoms. The topological polar surface area (TPSA) is 24.8 Å². The number of hydrogen-bond acceptors (Lipinski definition) is 5. The molecule has 0 amide bonds. The summed E-state index contributed by atoms with van der Waals surface area (Å²) >= 11 is 3.45. The molecule has 21 heavy (non-hydrogen) atoms. The first-order valence-corrected chi connectivity index (χ1v) is 8.43. The molecule has 0 spiro atoms. The van der Waals surface area contributed by atoms with Gasteiger partial charge in [-0.1, -0.05) is 12.7 Å². The molecule has 0 N–H and O–H groups in total. The maximum Gasteiger partial charge on any atom is 0.168 e. The summed E-state index contributed by atoms with van der Waals surface area (Å²) in [6.45, 7) is 5.77. The van der Waals surface area contributed by atoms with Crippen LogP contribution in [0.25, 0.3) is 15.8 Å². The van der Waals surface area contributed by atoms with E-state index in [1.54, 1.807) is 30.2 Å². The summed E-state index contributed by atoms with van der Waals surface area (Å²) in [4.78, 5) is 8.01. The predicted molar refractivity (Wildman–Crippen MR) is 92.1 cm³/mol. The number of methoxy groups -OCH3 is 1. The van der Waals surface area contributed by atoms with Gasteiger partial charge in [-0.3, -0.25) is 4.99 Å². The minimum atomic E-state index is 0.870. The average molecular weight is 314 g/mol. The van der Waals surface area contributed by atoms with Gasteiger partial charge in [0.15, 0.2) is 5.17 Å². The number of rotatable bonds is 3. The second-order valence-corrected chi connectivity index (χ2v) is 6.80. The fraction of sp³-hybridized carbons (Fsp3) is 0.188. The van der Waals surface area contributed by atoms with E-state index >= 15 is 0 Å². The van der Waals surface area contributed by atoms with Gasteiger partial charge in [-0.15, -0.1) is 11.3 Å². The van der Waals surface area contributed by atoms with Crippen molar-refractivity contribution in [2.45, 2.75) is 0 Å². The highest BCUT2D eigenvalue weighted by Crippen LogP contribution is 2.44. The maximum absolute atomic E-state index is 5.57. The van der Waals surface area contributed by atoms with Crippen molar-refractivity contribution in [3.05, 3.63) is 46.7 Å². The molecule has 1 aromatic heterocycles. The lowest BCUT2D eigenvalue weighted by Gasteiger charge is -2.18. The van der Waals surface area contributed by atoms with E-state index in [2.05, 4.69) is 40.1 Å². The third-order valence-corrected chi connectivity index (χ3v) is 5.69. The highest BCUT2D eigenvalue weighted by Gasteiger charge is 2.32. The molecule has 2 aliphatic rings. The van der Waals surface area contributed by atoms with Gasteiger partial charge in [0, 0.05) is 27.1 Å². The second-order valence-electron chi connectivity index (χ2n) is 4.85. The van der Waals surface area contributed by atoms with Crippen LogP contribution < -0.4 is 4.74 Å². The number of thiophene rings is 1. The van der Waals surface area contributed by atoms with Crippen LogP contribution in [0, 0.1) is 0 Å². The zero-order valence-electron chi connectivity index (χ0n) is 11.6. The van der Waals surface area contributed by atoms with Crippen molar-refractivity contribution in [3.8, 4) is 5.75 Å². The van der Waals surface area contributed by atoms with Crippen LogP contribution in [0.15, 0.2) is 46.1 Å². The SMILES string of the molecule is C=CC1=C(c2cc(OC)c3ccsc3c2)N2CCN=C2S1. The van der Waals surface area contributed by atoms with Crippen molar-refractivity contribution < 1.29 is 4.74 Å². The fourth-order valence-corrected chi connectivity index (χ4v) is 4.68. The van der Waals surface area contributed by atoms with E-state index in [1.165, 1.54) is 26.3 Å². The predicted octanol–water partition coefficient (Wildman–Crippen LogP) is 4.18. The zero-order valence-corrected chi connectivity index (χ0v) is 13.3. The highest BCUT2D eigenvalue weighted by molar-refractivity contribution is 8.17. The maximum atomic E-state index is 5.57. The molecule has 2 aliphatic heterocycles. The smallest absolute Gasteiger partial charge is 0.168 e. The standard InChI is InChI=1S/C16H14N2OS2/c1-3-13-15(18-6-5-17-16(18)21-13)10-8-12(19-2)11-4-7-20-14(11)9-10/h3-4,7-9H,1,5-6H2,2H3. The molecule has 0 saturated carbocycles. The van der Waals surface area contributed by atoms with Gasteiger partial charge < -0.3 is 9.64 Å². The lowest BCUT2D eigenvalue weighted by Crippen LogP contribution is -2.20. The summed E-state index contributed by atoms with van der Waals surface area (Å²) in [6, 6.07) is 6.47. The van der Waals surface area contributed by atoms with Crippen molar-refractivity contribution in [3.63, 3.8) is 0 Å². The number of aliphatic imine (C=N–C) groups is 1. The van der Waals surface area contributed by atoms with Gasteiger partial charge in [-0.05, 0) is 35.3 Å². The molecule has 1 aromatic carbocycles. The van der Waals surface area contributed by atoms with Crippen LogP contribution in [0.1, 0.15) is 5.56 Å². The summed E-state index contributed by atoms with van der Waals surface area (Å²) in [7, 11) is 1.73. The minimum absolute atomic E-state index is 0.870. The molecule has 0 unspecified atom stereocenters. The van der Waals surface area contributed by atoms with Crippen molar-refractivity contribution in [2.24, 2.45) is 4.99 Å². The lowest BCUT2D eigenvalue weighted by molar-refractivity contribution is 0.419. The number of amidine groups is 1. The molecular formula is C16H14N2OS2. The van der Waals surface area contributed by atoms with Crippen LogP contribution >= 0.6 is 23.1 Å². The Morgan fingerprint density at radius 1 is 1.43 bits per heavy atom. The first kappa shape index (κ1) is 13.0. The Labute approximate surface area is 131 Å². The molecule has 0 radical (unpaired) electrons. The van der Waals surface area contributed by atoms with E-state index in [4.69, 9.17) is 4.74 Å². The summed E-state index contributed by atoms with van der Waals surface area (Å²) in [5.74, 6) is 0.925. The molecule has 3 nitrogen and oxygen atoms in total. The summed E-state index contributed by atoms with van der Waals surface area (Å²) in [5.41, 5.74) is 2.39. The molecule has 0 atom stereocenters. The molecule has 0 fully saturated rings. The van der Waals surface area contributed by atoms with Crippen molar-refractivity contribution in [1.82, 2.24) is 4.90 Å². The highest BCUT2D eigenvalue weighted by atomic mass is 32.2. The largest absolute Gasteiger partial charge is 0.496 e. The zero-order chi connectivity index (χ0) is 14.4. The average Bonchev–Trinajstić information content (AvgIpc) is 3.19. The molecular weight excluding hydrogens is 300 g/mol. The monoisotopic (exact) mass is 314 g/mol. The Morgan fingerprint density at radius 3 is 3.14 bits per heavy atom. The Kier molecular flexibility index (Phi) is 3.05. The van der Waals surface area contributed by atoms with Crippen LogP contribution in [0.4, 0.5) is 0 Å². The van der Waals surface area contributed by atoms with E-state index in [0.29, 0.717) is 0 Å². The fourth-order valence-electron chi connectivity index (χ4n) is 2.78. The number of hydrogen-bond donors (Lipinski definition) is 0. The normalized spacial score (nSPS) is 17.4. The third-order valence-electron chi connectivity index (χ3n) is 3.72. The molecule has 0 saturated heterocycles. The summed E-state index contributed by atoms with van der Waals surface area (Å²) < 4.78 is 6.81. The number of allylic oxidation sites excluding steroid dienone is 1. The third kappa shape index (κ3) is 1.92. The second kappa shape index (κ2) is 4.93. The first-order valence-electron chi connectivity index (χ1n) is 6.74. The Bertz CT molecular complexity index is 804. The van der Waals surface area contributed by atoms with Gasteiger partial charge >= 0.3 is 0 Å². The summed E-state index contributed by atoms with van der Waals surface area (Å²) in [6.07, 6.45) is 1.92. The van der Waals surface area contributed by atoms with E-state index < -0.39 is 0 Å². The van der Waals surface area contributed by atoms with Gasteiger partial charge in [-0.2, -0.15) is 0 Å². The number of thioether (sulfide) groups is 1. The number of benzene rings is 1. The summed E-state index contributed by atoms with van der Waals surface area (Å²) in [5, 5.41) is 4.37. The van der Waals surface area contributed by atoms with Crippen LogP contribution in [0.2, 0.25) is 0 Å². The molecule has 0 aliphatic carbocycles. The number of nitrogens with zero attached hydrogens (tertiary/aromatic N) is 2. The van der Waals surface area contributed by atoms with Gasteiger partial charge in [-0.25, -0.2) is 0 Å². The van der Waals surface area contributed by atoms with Crippen molar-refractivity contribution in [2.75, 3.05) is 20.2 Å². The van der Waals surface area contributed by atoms with Crippen LogP contribution in [-0.4, -0.2) is 30.3 Å². The quantitative estimate of drug-likeness (QED) is 0.849. The number of ether oxygens (including phenoxy) is 1. The first-order chi connectivity index (χ1) is 10.3.